The van der Waals surface area contributed by atoms with E-state index in [1.165, 1.54) is 54.6 Å². The van der Waals surface area contributed by atoms with Gasteiger partial charge in [0.05, 0.1) is 10.9 Å². The van der Waals surface area contributed by atoms with Crippen LogP contribution in [0.3, 0.4) is 0 Å². The largest absolute Gasteiger partial charge is 1.00 e. The van der Waals surface area contributed by atoms with E-state index in [2.05, 4.69) is 0 Å². The second-order valence-corrected chi connectivity index (χ2v) is 6.48. The maximum Gasteiger partial charge on any atom is 1.00 e. The second kappa shape index (κ2) is 7.94. The van der Waals surface area contributed by atoms with Crippen molar-refractivity contribution in [3.63, 3.8) is 0 Å². The first-order valence-corrected chi connectivity index (χ1v) is 7.81. The smallest absolute Gasteiger partial charge is 0.545 e. The Morgan fingerprint density at radius 1 is 1.00 bits per heavy atom. The predicted molar refractivity (Wildman–Crippen MR) is 78.4 cm³/mol. The Morgan fingerprint density at radius 3 is 2.05 bits per heavy atom. The number of sulfone groups is 1. The number of halogens is 1. The molecule has 2 aromatic carbocycles. The third-order valence-corrected chi connectivity index (χ3v) is 4.40. The monoisotopic (exact) mass is 344 g/mol. The van der Waals surface area contributed by atoms with Crippen LogP contribution in [0.2, 0.25) is 5.02 Å². The van der Waals surface area contributed by atoms with E-state index in [-0.39, 0.29) is 40.0 Å². The van der Waals surface area contributed by atoms with Crippen molar-refractivity contribution in [2.24, 2.45) is 0 Å². The molecule has 0 aliphatic rings. The molecule has 0 heterocycles. The first kappa shape index (κ1) is 18.9. The van der Waals surface area contributed by atoms with E-state index < -0.39 is 15.8 Å². The van der Waals surface area contributed by atoms with Crippen molar-refractivity contribution in [1.29, 1.82) is 0 Å². The fourth-order valence-corrected chi connectivity index (χ4v) is 2.74. The van der Waals surface area contributed by atoms with E-state index in [1.54, 1.807) is 0 Å². The molecule has 0 atom stereocenters. The summed E-state index contributed by atoms with van der Waals surface area (Å²) >= 11 is 5.71. The average molecular weight is 345 g/mol. The third kappa shape index (κ3) is 4.97. The normalized spacial score (nSPS) is 11.1. The third-order valence-electron chi connectivity index (χ3n) is 2.73. The van der Waals surface area contributed by atoms with Crippen molar-refractivity contribution in [2.75, 3.05) is 0 Å². The van der Waals surface area contributed by atoms with Crippen LogP contribution in [-0.2, 0) is 9.84 Å². The van der Waals surface area contributed by atoms with Crippen molar-refractivity contribution in [3.8, 4) is 0 Å². The number of carbonyl (C=O) groups is 1. The van der Waals surface area contributed by atoms with Gasteiger partial charge in [0, 0.05) is 10.4 Å². The van der Waals surface area contributed by atoms with Crippen LogP contribution in [0.15, 0.2) is 58.8 Å². The zero-order valence-corrected chi connectivity index (χ0v) is 15.3. The zero-order chi connectivity index (χ0) is 15.5. The van der Waals surface area contributed by atoms with Gasteiger partial charge in [0.25, 0.3) is 0 Å². The quantitative estimate of drug-likeness (QED) is 0.677. The van der Waals surface area contributed by atoms with Gasteiger partial charge in [-0.1, -0.05) is 35.9 Å². The summed E-state index contributed by atoms with van der Waals surface area (Å²) in [5, 5.41) is 12.1. The summed E-state index contributed by atoms with van der Waals surface area (Å²) in [7, 11) is -3.57. The van der Waals surface area contributed by atoms with Crippen LogP contribution in [0.4, 0.5) is 0 Å². The molecule has 108 valence electrons. The van der Waals surface area contributed by atoms with Crippen molar-refractivity contribution < 1.29 is 47.9 Å². The van der Waals surface area contributed by atoms with Gasteiger partial charge in [-0.25, -0.2) is 8.42 Å². The first-order valence-electron chi connectivity index (χ1n) is 5.89. The van der Waals surface area contributed by atoms with Gasteiger partial charge in [0.1, 0.15) is 0 Å². The molecule has 0 radical (unpaired) electrons. The summed E-state index contributed by atoms with van der Waals surface area (Å²) in [6.45, 7) is 0. The molecule has 0 aromatic heterocycles. The average Bonchev–Trinajstić information content (AvgIpc) is 2.46. The molecule has 0 unspecified atom stereocenters. The Labute approximate surface area is 155 Å². The van der Waals surface area contributed by atoms with Gasteiger partial charge in [0.2, 0.25) is 0 Å². The van der Waals surface area contributed by atoms with Gasteiger partial charge in [-0.3, -0.25) is 0 Å². The van der Waals surface area contributed by atoms with E-state index >= 15 is 0 Å². The molecular weight excluding hydrogens is 335 g/mol. The van der Waals surface area contributed by atoms with E-state index in [0.717, 1.165) is 5.41 Å². The van der Waals surface area contributed by atoms with E-state index in [0.29, 0.717) is 10.6 Å². The maximum atomic E-state index is 12.1. The molecule has 2 rings (SSSR count). The van der Waals surface area contributed by atoms with E-state index in [9.17, 15) is 18.3 Å². The molecule has 22 heavy (non-hydrogen) atoms. The Balaban J connectivity index is 0.00000242. The van der Waals surface area contributed by atoms with Crippen LogP contribution in [0.5, 0.6) is 0 Å². The molecule has 0 aliphatic carbocycles. The van der Waals surface area contributed by atoms with Gasteiger partial charge >= 0.3 is 29.6 Å². The SMILES string of the molecule is O=C([O-])c1ccc(/C=C/S(=O)(=O)c2ccc(Cl)cc2)cc1.[Na+]. The van der Waals surface area contributed by atoms with Crippen LogP contribution in [0.1, 0.15) is 15.9 Å². The number of rotatable bonds is 4. The summed E-state index contributed by atoms with van der Waals surface area (Å²) in [5.41, 5.74) is 0.602. The number of carbonyl (C=O) groups excluding carboxylic acids is 1. The Morgan fingerprint density at radius 2 is 1.55 bits per heavy atom. The number of carboxylic acids is 1. The molecule has 0 amide bonds. The van der Waals surface area contributed by atoms with Gasteiger partial charge in [-0.2, -0.15) is 0 Å². The molecule has 0 saturated heterocycles. The van der Waals surface area contributed by atoms with E-state index in [4.69, 9.17) is 11.6 Å². The van der Waals surface area contributed by atoms with Crippen LogP contribution < -0.4 is 34.7 Å². The summed E-state index contributed by atoms with van der Waals surface area (Å²) in [5.74, 6) is -1.28. The van der Waals surface area contributed by atoms with Crippen molar-refractivity contribution in [1.82, 2.24) is 0 Å². The van der Waals surface area contributed by atoms with Crippen LogP contribution in [0, 0.1) is 0 Å². The topological polar surface area (TPSA) is 74.3 Å². The molecule has 2 aromatic rings. The summed E-state index contributed by atoms with van der Waals surface area (Å²) in [6, 6.07) is 11.5. The van der Waals surface area contributed by atoms with Crippen LogP contribution >= 0.6 is 11.6 Å². The molecule has 4 nitrogen and oxygen atoms in total. The minimum atomic E-state index is -3.57. The minimum absolute atomic E-state index is 0. The number of carboxylic acid groups (broad SMARTS) is 1. The summed E-state index contributed by atoms with van der Waals surface area (Å²) in [4.78, 5) is 10.7. The Kier molecular flexibility index (Phi) is 6.84. The zero-order valence-electron chi connectivity index (χ0n) is 11.7. The molecule has 0 spiro atoms. The Bertz CT molecular complexity index is 781. The first-order chi connectivity index (χ1) is 9.88. The predicted octanol–water partition coefficient (Wildman–Crippen LogP) is -0.848. The number of benzene rings is 2. The van der Waals surface area contributed by atoms with Gasteiger partial charge < -0.3 is 9.90 Å². The number of hydrogen-bond acceptors (Lipinski definition) is 4. The molecule has 0 saturated carbocycles. The van der Waals surface area contributed by atoms with Gasteiger partial charge in [-0.05, 0) is 41.5 Å². The maximum absolute atomic E-state index is 12.1. The van der Waals surface area contributed by atoms with Crippen molar-refractivity contribution in [2.45, 2.75) is 4.90 Å². The molecular formula is C15H10ClNaO4S. The van der Waals surface area contributed by atoms with Crippen LogP contribution in [0.25, 0.3) is 6.08 Å². The Hall–Kier alpha value is -1.11. The molecule has 7 heteroatoms. The van der Waals surface area contributed by atoms with Gasteiger partial charge in [0.15, 0.2) is 9.84 Å². The number of aromatic carboxylic acids is 1. The van der Waals surface area contributed by atoms with Crippen molar-refractivity contribution >= 4 is 33.5 Å². The fraction of sp³-hybridized carbons (Fsp3) is 0. The summed E-state index contributed by atoms with van der Waals surface area (Å²) in [6.07, 6.45) is 1.39. The molecule has 0 bridgehead atoms. The van der Waals surface area contributed by atoms with Crippen molar-refractivity contribution in [3.05, 3.63) is 70.1 Å². The van der Waals surface area contributed by atoms with E-state index in [1.807, 2.05) is 0 Å². The standard InChI is InChI=1S/C15H11ClO4S.Na/c16-13-5-7-14(8-6-13)21(19,20)10-9-11-1-3-12(4-2-11)15(17)18;/h1-10H,(H,17,18);/q;+1/p-1/b10-9+;. The van der Waals surface area contributed by atoms with Gasteiger partial charge in [-0.15, -0.1) is 0 Å². The summed E-state index contributed by atoms with van der Waals surface area (Å²) < 4.78 is 24.1. The second-order valence-electron chi connectivity index (χ2n) is 4.21. The number of hydrogen-bond donors (Lipinski definition) is 0. The molecule has 0 aliphatic heterocycles. The minimum Gasteiger partial charge on any atom is -0.545 e. The van der Waals surface area contributed by atoms with Crippen LogP contribution in [-0.4, -0.2) is 14.4 Å². The molecule has 0 fully saturated rings. The fourth-order valence-electron chi connectivity index (χ4n) is 1.60. The molecule has 0 N–H and O–H groups in total.